The van der Waals surface area contributed by atoms with Crippen LogP contribution in [0.1, 0.15) is 25.0 Å². The first-order chi connectivity index (χ1) is 8.71. The van der Waals surface area contributed by atoms with Crippen molar-refractivity contribution in [3.05, 3.63) is 35.4 Å². The van der Waals surface area contributed by atoms with Crippen LogP contribution in [0.3, 0.4) is 0 Å². The van der Waals surface area contributed by atoms with Crippen LogP contribution >= 0.6 is 0 Å². The molecule has 2 amide bonds. The summed E-state index contributed by atoms with van der Waals surface area (Å²) in [6.45, 7) is 6.59. The van der Waals surface area contributed by atoms with E-state index in [4.69, 9.17) is 4.74 Å². The summed E-state index contributed by atoms with van der Waals surface area (Å²) in [6.07, 6.45) is 0. The number of rotatable bonds is 6. The van der Waals surface area contributed by atoms with Gasteiger partial charge in [-0.25, -0.2) is 4.79 Å². The van der Waals surface area contributed by atoms with Gasteiger partial charge in [0, 0.05) is 26.7 Å². The Hall–Kier alpha value is -1.55. The first-order valence-corrected chi connectivity index (χ1v) is 6.30. The average molecular weight is 250 g/mol. The van der Waals surface area contributed by atoms with Crippen LogP contribution in [-0.2, 0) is 17.9 Å². The molecule has 0 atom stereocenters. The Bertz CT molecular complexity index is 359. The summed E-state index contributed by atoms with van der Waals surface area (Å²) in [5.74, 6) is 0. The highest BCUT2D eigenvalue weighted by molar-refractivity contribution is 5.74. The summed E-state index contributed by atoms with van der Waals surface area (Å²) in [5, 5.41) is 2.91. The van der Waals surface area contributed by atoms with Crippen molar-refractivity contribution in [3.8, 4) is 0 Å². The molecule has 1 aromatic rings. The second kappa shape index (κ2) is 7.71. The van der Waals surface area contributed by atoms with Gasteiger partial charge in [-0.1, -0.05) is 24.3 Å². The predicted octanol–water partition coefficient (Wildman–Crippen LogP) is 2.38. The molecule has 0 saturated heterocycles. The summed E-state index contributed by atoms with van der Waals surface area (Å²) in [4.78, 5) is 13.5. The van der Waals surface area contributed by atoms with Crippen LogP contribution in [0.5, 0.6) is 0 Å². The van der Waals surface area contributed by atoms with Crippen molar-refractivity contribution in [1.82, 2.24) is 10.2 Å². The normalized spacial score (nSPS) is 10.2. The van der Waals surface area contributed by atoms with Crippen molar-refractivity contribution in [1.29, 1.82) is 0 Å². The topological polar surface area (TPSA) is 41.6 Å². The molecule has 0 fully saturated rings. The van der Waals surface area contributed by atoms with E-state index in [1.165, 1.54) is 0 Å². The second-order valence-electron chi connectivity index (χ2n) is 4.08. The average Bonchev–Trinajstić information content (AvgIpc) is 2.40. The zero-order valence-corrected chi connectivity index (χ0v) is 11.4. The van der Waals surface area contributed by atoms with Gasteiger partial charge in [0.25, 0.3) is 0 Å². The summed E-state index contributed by atoms with van der Waals surface area (Å²) in [5.41, 5.74) is 2.23. The number of hydrogen-bond acceptors (Lipinski definition) is 2. The van der Waals surface area contributed by atoms with Gasteiger partial charge in [-0.2, -0.15) is 0 Å². The Labute approximate surface area is 109 Å². The number of nitrogens with zero attached hydrogens (tertiary/aromatic N) is 1. The van der Waals surface area contributed by atoms with Gasteiger partial charge < -0.3 is 15.0 Å². The Morgan fingerprint density at radius 3 is 2.22 bits per heavy atom. The number of benzene rings is 1. The molecule has 18 heavy (non-hydrogen) atoms. The third-order valence-corrected chi connectivity index (χ3v) is 2.83. The van der Waals surface area contributed by atoms with E-state index in [0.29, 0.717) is 13.2 Å². The molecule has 0 aliphatic carbocycles. The number of ether oxygens (including phenoxy) is 1. The molecule has 1 rings (SSSR count). The maximum atomic E-state index is 11.7. The van der Waals surface area contributed by atoms with Gasteiger partial charge in [0.2, 0.25) is 0 Å². The third kappa shape index (κ3) is 4.37. The molecule has 0 unspecified atom stereocenters. The number of carbonyl (C=O) groups excluding carboxylic acids is 1. The van der Waals surface area contributed by atoms with Crippen LogP contribution in [0, 0.1) is 0 Å². The van der Waals surface area contributed by atoms with Gasteiger partial charge in [-0.15, -0.1) is 0 Å². The largest absolute Gasteiger partial charge is 0.380 e. The molecule has 0 aliphatic heterocycles. The summed E-state index contributed by atoms with van der Waals surface area (Å²) >= 11 is 0. The molecule has 1 N–H and O–H groups in total. The highest BCUT2D eigenvalue weighted by Crippen LogP contribution is 2.05. The van der Waals surface area contributed by atoms with Crippen molar-refractivity contribution in [2.45, 2.75) is 27.0 Å². The van der Waals surface area contributed by atoms with Crippen LogP contribution in [0.15, 0.2) is 24.3 Å². The number of nitrogens with one attached hydrogen (secondary N) is 1. The van der Waals surface area contributed by atoms with E-state index >= 15 is 0 Å². The Morgan fingerprint density at radius 1 is 1.17 bits per heavy atom. The van der Waals surface area contributed by atoms with Crippen molar-refractivity contribution in [3.63, 3.8) is 0 Å². The van der Waals surface area contributed by atoms with E-state index in [1.54, 1.807) is 12.0 Å². The molecule has 4 nitrogen and oxygen atoms in total. The Kier molecular flexibility index (Phi) is 6.22. The molecule has 0 bridgehead atoms. The van der Waals surface area contributed by atoms with Crippen molar-refractivity contribution >= 4 is 6.03 Å². The first kappa shape index (κ1) is 14.5. The highest BCUT2D eigenvalue weighted by Gasteiger charge is 2.07. The fourth-order valence-corrected chi connectivity index (χ4v) is 1.72. The molecule has 100 valence electrons. The lowest BCUT2D eigenvalue weighted by Gasteiger charge is -2.19. The van der Waals surface area contributed by atoms with Crippen LogP contribution in [0.25, 0.3) is 0 Å². The molecule has 0 aromatic heterocycles. The molecule has 0 radical (unpaired) electrons. The van der Waals surface area contributed by atoms with Crippen LogP contribution < -0.4 is 5.32 Å². The SMILES string of the molecule is CCN(CC)C(=O)NCc1ccc(COC)cc1. The lowest BCUT2D eigenvalue weighted by Crippen LogP contribution is -2.39. The van der Waals surface area contributed by atoms with E-state index in [1.807, 2.05) is 38.1 Å². The van der Waals surface area contributed by atoms with Gasteiger partial charge in [-0.3, -0.25) is 0 Å². The Morgan fingerprint density at radius 2 is 1.72 bits per heavy atom. The van der Waals surface area contributed by atoms with Gasteiger partial charge in [0.1, 0.15) is 0 Å². The Balaban J connectivity index is 2.45. The van der Waals surface area contributed by atoms with E-state index in [0.717, 1.165) is 24.2 Å². The fraction of sp³-hybridized carbons (Fsp3) is 0.500. The smallest absolute Gasteiger partial charge is 0.317 e. The monoisotopic (exact) mass is 250 g/mol. The standard InChI is InChI=1S/C14H22N2O2/c1-4-16(5-2)14(17)15-10-12-6-8-13(9-7-12)11-18-3/h6-9H,4-5,10-11H2,1-3H3,(H,15,17). The molecule has 0 saturated carbocycles. The molecule has 0 heterocycles. The van der Waals surface area contributed by atoms with Gasteiger partial charge in [0.05, 0.1) is 6.61 Å². The third-order valence-electron chi connectivity index (χ3n) is 2.83. The second-order valence-corrected chi connectivity index (χ2v) is 4.08. The summed E-state index contributed by atoms with van der Waals surface area (Å²) < 4.78 is 5.05. The highest BCUT2D eigenvalue weighted by atomic mass is 16.5. The molecular formula is C14H22N2O2. The van der Waals surface area contributed by atoms with E-state index in [9.17, 15) is 4.79 Å². The van der Waals surface area contributed by atoms with E-state index < -0.39 is 0 Å². The summed E-state index contributed by atoms with van der Waals surface area (Å²) in [6, 6.07) is 8.04. The van der Waals surface area contributed by atoms with Crippen molar-refractivity contribution in [2.24, 2.45) is 0 Å². The minimum atomic E-state index is -0.0130. The van der Waals surface area contributed by atoms with Gasteiger partial charge in [-0.05, 0) is 25.0 Å². The zero-order chi connectivity index (χ0) is 13.4. The minimum absolute atomic E-state index is 0.0130. The lowest BCUT2D eigenvalue weighted by molar-refractivity contribution is 0.185. The molecule has 1 aromatic carbocycles. The number of urea groups is 1. The zero-order valence-electron chi connectivity index (χ0n) is 11.4. The van der Waals surface area contributed by atoms with E-state index in [2.05, 4.69) is 5.32 Å². The maximum absolute atomic E-state index is 11.7. The number of hydrogen-bond donors (Lipinski definition) is 1. The van der Waals surface area contributed by atoms with Gasteiger partial charge >= 0.3 is 6.03 Å². The molecule has 4 heteroatoms. The summed E-state index contributed by atoms with van der Waals surface area (Å²) in [7, 11) is 1.68. The van der Waals surface area contributed by atoms with Crippen LogP contribution in [0.2, 0.25) is 0 Å². The molecular weight excluding hydrogens is 228 g/mol. The van der Waals surface area contributed by atoms with Crippen molar-refractivity contribution < 1.29 is 9.53 Å². The lowest BCUT2D eigenvalue weighted by atomic mass is 10.1. The van der Waals surface area contributed by atoms with Gasteiger partial charge in [0.15, 0.2) is 0 Å². The molecule has 0 aliphatic rings. The van der Waals surface area contributed by atoms with Crippen molar-refractivity contribution in [2.75, 3.05) is 20.2 Å². The minimum Gasteiger partial charge on any atom is -0.380 e. The quantitative estimate of drug-likeness (QED) is 0.842. The molecule has 0 spiro atoms. The maximum Gasteiger partial charge on any atom is 0.317 e. The predicted molar refractivity (Wildman–Crippen MR) is 72.3 cm³/mol. The van der Waals surface area contributed by atoms with Crippen LogP contribution in [0.4, 0.5) is 4.79 Å². The number of carbonyl (C=O) groups is 1. The number of methoxy groups -OCH3 is 1. The first-order valence-electron chi connectivity index (χ1n) is 6.30. The fourth-order valence-electron chi connectivity index (χ4n) is 1.72. The number of amides is 2. The van der Waals surface area contributed by atoms with Crippen LogP contribution in [-0.4, -0.2) is 31.1 Å². The van der Waals surface area contributed by atoms with E-state index in [-0.39, 0.29) is 6.03 Å².